The highest BCUT2D eigenvalue weighted by molar-refractivity contribution is 5.29. The third kappa shape index (κ3) is 1.09. The van der Waals surface area contributed by atoms with Gasteiger partial charge in [-0.25, -0.2) is 0 Å². The summed E-state index contributed by atoms with van der Waals surface area (Å²) in [6.45, 7) is 2.18. The smallest absolute Gasteiger partial charge is 0.0648 e. The Bertz CT molecular complexity index is 193. The number of rotatable bonds is 2. The highest BCUT2D eigenvalue weighted by Gasteiger charge is 2.35. The van der Waals surface area contributed by atoms with E-state index in [0.29, 0.717) is 11.8 Å². The fraction of sp³-hybridized carbons (Fsp3) is 0.778. The SMILES string of the molecule is OCC1=C(CO)C2CNCC1C2. The van der Waals surface area contributed by atoms with Gasteiger partial charge in [0.2, 0.25) is 0 Å². The number of hydrogen-bond acceptors (Lipinski definition) is 3. The van der Waals surface area contributed by atoms with Crippen molar-refractivity contribution >= 4 is 0 Å². The number of fused-ring (bicyclic) bond motifs is 2. The van der Waals surface area contributed by atoms with Crippen molar-refractivity contribution in [3.8, 4) is 0 Å². The third-order valence-electron chi connectivity index (χ3n) is 3.09. The normalized spacial score (nSPS) is 34.5. The molecule has 1 fully saturated rings. The zero-order valence-corrected chi connectivity index (χ0v) is 7.08. The van der Waals surface area contributed by atoms with Crippen molar-refractivity contribution in [2.75, 3.05) is 26.3 Å². The fourth-order valence-electron chi connectivity index (χ4n) is 2.46. The van der Waals surface area contributed by atoms with E-state index in [1.165, 1.54) is 0 Å². The molecular weight excluding hydrogens is 154 g/mol. The zero-order valence-electron chi connectivity index (χ0n) is 7.08. The lowest BCUT2D eigenvalue weighted by molar-refractivity contribution is 0.304. The number of nitrogens with one attached hydrogen (secondary N) is 1. The van der Waals surface area contributed by atoms with Gasteiger partial charge in [0.25, 0.3) is 0 Å². The van der Waals surface area contributed by atoms with E-state index in [1.54, 1.807) is 0 Å². The summed E-state index contributed by atoms with van der Waals surface area (Å²) in [4.78, 5) is 0. The molecule has 0 aromatic carbocycles. The van der Waals surface area contributed by atoms with E-state index in [9.17, 15) is 0 Å². The van der Waals surface area contributed by atoms with Gasteiger partial charge in [0.05, 0.1) is 13.2 Å². The van der Waals surface area contributed by atoms with Crippen molar-refractivity contribution in [3.63, 3.8) is 0 Å². The molecule has 3 N–H and O–H groups in total. The van der Waals surface area contributed by atoms with Crippen LogP contribution in [0.3, 0.4) is 0 Å². The molecule has 0 aromatic heterocycles. The van der Waals surface area contributed by atoms with Crippen molar-refractivity contribution in [2.45, 2.75) is 6.42 Å². The Morgan fingerprint density at radius 3 is 2.00 bits per heavy atom. The number of aliphatic hydroxyl groups is 2. The van der Waals surface area contributed by atoms with Crippen molar-refractivity contribution in [2.24, 2.45) is 11.8 Å². The minimum Gasteiger partial charge on any atom is -0.392 e. The van der Waals surface area contributed by atoms with Gasteiger partial charge in [-0.1, -0.05) is 0 Å². The second-order valence-electron chi connectivity index (χ2n) is 3.65. The summed E-state index contributed by atoms with van der Waals surface area (Å²) in [5.74, 6) is 0.965. The van der Waals surface area contributed by atoms with Gasteiger partial charge in [-0.05, 0) is 29.4 Å². The Kier molecular flexibility index (Phi) is 2.17. The molecule has 2 bridgehead atoms. The van der Waals surface area contributed by atoms with Gasteiger partial charge in [0.1, 0.15) is 0 Å². The molecule has 0 amide bonds. The Balaban J connectivity index is 2.26. The Morgan fingerprint density at radius 2 is 1.58 bits per heavy atom. The Morgan fingerprint density at radius 1 is 1.08 bits per heavy atom. The first-order valence-corrected chi connectivity index (χ1v) is 4.51. The Hall–Kier alpha value is -0.380. The molecule has 2 unspecified atom stereocenters. The molecule has 0 saturated carbocycles. The molecule has 68 valence electrons. The number of aliphatic hydroxyl groups excluding tert-OH is 2. The van der Waals surface area contributed by atoms with Crippen LogP contribution in [-0.4, -0.2) is 36.5 Å². The molecule has 1 aliphatic carbocycles. The molecule has 2 rings (SSSR count). The quantitative estimate of drug-likeness (QED) is 0.489. The van der Waals surface area contributed by atoms with Gasteiger partial charge in [-0.3, -0.25) is 0 Å². The summed E-state index contributed by atoms with van der Waals surface area (Å²) in [6.07, 6.45) is 1.12. The maximum atomic E-state index is 9.12. The number of piperidine rings is 1. The first-order chi connectivity index (χ1) is 5.86. The summed E-state index contributed by atoms with van der Waals surface area (Å²) < 4.78 is 0. The monoisotopic (exact) mass is 169 g/mol. The molecule has 1 saturated heterocycles. The van der Waals surface area contributed by atoms with Crippen molar-refractivity contribution in [3.05, 3.63) is 11.1 Å². The van der Waals surface area contributed by atoms with Crippen LogP contribution in [0.1, 0.15) is 6.42 Å². The van der Waals surface area contributed by atoms with Gasteiger partial charge in [0.15, 0.2) is 0 Å². The van der Waals surface area contributed by atoms with Gasteiger partial charge in [0, 0.05) is 13.1 Å². The maximum absolute atomic E-state index is 9.12. The molecule has 0 spiro atoms. The van der Waals surface area contributed by atoms with E-state index in [1.807, 2.05) is 0 Å². The topological polar surface area (TPSA) is 52.5 Å². The Labute approximate surface area is 72.1 Å². The zero-order chi connectivity index (χ0) is 8.55. The van der Waals surface area contributed by atoms with E-state index in [-0.39, 0.29) is 13.2 Å². The van der Waals surface area contributed by atoms with Gasteiger partial charge >= 0.3 is 0 Å². The van der Waals surface area contributed by atoms with Crippen LogP contribution in [-0.2, 0) is 0 Å². The van der Waals surface area contributed by atoms with E-state index >= 15 is 0 Å². The second kappa shape index (κ2) is 3.17. The molecule has 3 heteroatoms. The molecule has 2 atom stereocenters. The number of hydrogen-bond donors (Lipinski definition) is 3. The summed E-state index contributed by atoms with van der Waals surface area (Å²) in [7, 11) is 0. The summed E-state index contributed by atoms with van der Waals surface area (Å²) in [5, 5.41) is 21.5. The predicted octanol–water partition coefficient (Wildman–Crippen LogP) is -0.493. The van der Waals surface area contributed by atoms with Crippen molar-refractivity contribution in [1.29, 1.82) is 0 Å². The third-order valence-corrected chi connectivity index (χ3v) is 3.09. The van der Waals surface area contributed by atoms with Crippen LogP contribution in [0.25, 0.3) is 0 Å². The lowest BCUT2D eigenvalue weighted by Gasteiger charge is -2.21. The molecule has 0 radical (unpaired) electrons. The standard InChI is InChI=1S/C9H15NO2/c11-4-8-6-1-7(3-10-2-6)9(8)5-12/h6-7,10-12H,1-5H2. The summed E-state index contributed by atoms with van der Waals surface area (Å²) in [5.41, 5.74) is 2.18. The van der Waals surface area contributed by atoms with Gasteiger partial charge in [-0.15, -0.1) is 0 Å². The summed E-state index contributed by atoms with van der Waals surface area (Å²) >= 11 is 0. The predicted molar refractivity (Wildman–Crippen MR) is 45.7 cm³/mol. The minimum atomic E-state index is 0.124. The molecule has 0 aromatic rings. The van der Waals surface area contributed by atoms with Crippen molar-refractivity contribution < 1.29 is 10.2 Å². The average molecular weight is 169 g/mol. The van der Waals surface area contributed by atoms with Crippen LogP contribution < -0.4 is 5.32 Å². The van der Waals surface area contributed by atoms with Crippen LogP contribution in [0, 0.1) is 11.8 Å². The fourth-order valence-corrected chi connectivity index (χ4v) is 2.46. The molecule has 12 heavy (non-hydrogen) atoms. The average Bonchev–Trinajstić information content (AvgIpc) is 2.36. The molecule has 2 aliphatic rings. The highest BCUT2D eigenvalue weighted by Crippen LogP contribution is 2.38. The minimum absolute atomic E-state index is 0.124. The van der Waals surface area contributed by atoms with Crippen LogP contribution in [0.15, 0.2) is 11.1 Å². The van der Waals surface area contributed by atoms with E-state index < -0.39 is 0 Å². The lowest BCUT2D eigenvalue weighted by atomic mass is 9.95. The first-order valence-electron chi connectivity index (χ1n) is 4.51. The molecule has 1 heterocycles. The van der Waals surface area contributed by atoms with E-state index in [2.05, 4.69) is 5.32 Å². The van der Waals surface area contributed by atoms with Crippen LogP contribution in [0.5, 0.6) is 0 Å². The van der Waals surface area contributed by atoms with E-state index in [0.717, 1.165) is 30.7 Å². The lowest BCUT2D eigenvalue weighted by Crippen LogP contribution is -2.33. The largest absolute Gasteiger partial charge is 0.392 e. The van der Waals surface area contributed by atoms with E-state index in [4.69, 9.17) is 10.2 Å². The van der Waals surface area contributed by atoms with Crippen LogP contribution in [0.2, 0.25) is 0 Å². The molecule has 3 nitrogen and oxygen atoms in total. The van der Waals surface area contributed by atoms with Crippen molar-refractivity contribution in [1.82, 2.24) is 5.32 Å². The first kappa shape index (κ1) is 8.23. The van der Waals surface area contributed by atoms with Crippen LogP contribution in [0.4, 0.5) is 0 Å². The van der Waals surface area contributed by atoms with Gasteiger partial charge in [-0.2, -0.15) is 0 Å². The molecule has 1 aliphatic heterocycles. The summed E-state index contributed by atoms with van der Waals surface area (Å²) in [6, 6.07) is 0. The molecular formula is C9H15NO2. The second-order valence-corrected chi connectivity index (χ2v) is 3.65. The maximum Gasteiger partial charge on any atom is 0.0648 e. The van der Waals surface area contributed by atoms with Crippen LogP contribution >= 0.6 is 0 Å². The highest BCUT2D eigenvalue weighted by atomic mass is 16.3. The van der Waals surface area contributed by atoms with Gasteiger partial charge < -0.3 is 15.5 Å².